The zero-order valence-corrected chi connectivity index (χ0v) is 4.05. The third-order valence-corrected chi connectivity index (χ3v) is 0.447. The SMILES string of the molecule is CC=CC(=O)C=O. The molecule has 0 atom stereocenters. The summed E-state index contributed by atoms with van der Waals surface area (Å²) in [7, 11) is 0. The number of hydrogen-bond acceptors (Lipinski definition) is 2. The second kappa shape index (κ2) is 3.28. The minimum atomic E-state index is -0.484. The largest absolute Gasteiger partial charge is 0.294 e. The van der Waals surface area contributed by atoms with Crippen molar-refractivity contribution in [3.63, 3.8) is 0 Å². The first-order valence-corrected chi connectivity index (χ1v) is 1.93. The van der Waals surface area contributed by atoms with Gasteiger partial charge in [0.1, 0.15) is 0 Å². The molecule has 0 spiro atoms. The van der Waals surface area contributed by atoms with Crippen LogP contribution in [0.3, 0.4) is 0 Å². The molecule has 0 unspecified atom stereocenters. The van der Waals surface area contributed by atoms with Crippen molar-refractivity contribution in [2.24, 2.45) is 0 Å². The van der Waals surface area contributed by atoms with Crippen LogP contribution in [0.4, 0.5) is 0 Å². The molecule has 38 valence electrons. The molecular weight excluding hydrogens is 92.1 g/mol. The summed E-state index contributed by atoms with van der Waals surface area (Å²) < 4.78 is 0. The second-order valence-corrected chi connectivity index (χ2v) is 1.02. The van der Waals surface area contributed by atoms with Crippen molar-refractivity contribution in [1.29, 1.82) is 0 Å². The van der Waals surface area contributed by atoms with E-state index in [1.807, 2.05) is 0 Å². The molecule has 0 aromatic heterocycles. The van der Waals surface area contributed by atoms with E-state index in [-0.39, 0.29) is 6.29 Å². The van der Waals surface area contributed by atoms with E-state index in [0.29, 0.717) is 0 Å². The van der Waals surface area contributed by atoms with Crippen LogP contribution in [0.15, 0.2) is 12.2 Å². The van der Waals surface area contributed by atoms with Crippen LogP contribution in [0.25, 0.3) is 0 Å². The Kier molecular flexibility index (Phi) is 2.85. The van der Waals surface area contributed by atoms with Gasteiger partial charge in [-0.15, -0.1) is 0 Å². The van der Waals surface area contributed by atoms with Gasteiger partial charge in [0.2, 0.25) is 5.78 Å². The summed E-state index contributed by atoms with van der Waals surface area (Å²) in [6, 6.07) is 0. The van der Waals surface area contributed by atoms with Gasteiger partial charge in [0, 0.05) is 0 Å². The third kappa shape index (κ3) is 2.89. The standard InChI is InChI=1S/C5H6O2/c1-2-3-5(7)4-6/h2-4H,1H3. The Morgan fingerprint density at radius 2 is 2.14 bits per heavy atom. The molecule has 7 heavy (non-hydrogen) atoms. The van der Waals surface area contributed by atoms with E-state index in [4.69, 9.17) is 0 Å². The number of carbonyl (C=O) groups is 2. The Morgan fingerprint density at radius 1 is 1.57 bits per heavy atom. The summed E-state index contributed by atoms with van der Waals surface area (Å²) in [4.78, 5) is 19.5. The highest BCUT2D eigenvalue weighted by Crippen LogP contribution is 1.67. The highest BCUT2D eigenvalue weighted by Gasteiger charge is 1.84. The number of carbonyl (C=O) groups excluding carboxylic acids is 2. The maximum atomic E-state index is 9.96. The molecular formula is C5H6O2. The number of hydrogen-bond donors (Lipinski definition) is 0. The van der Waals surface area contributed by atoms with Crippen molar-refractivity contribution in [1.82, 2.24) is 0 Å². The second-order valence-electron chi connectivity index (χ2n) is 1.02. The smallest absolute Gasteiger partial charge is 0.217 e. The van der Waals surface area contributed by atoms with Gasteiger partial charge in [0.25, 0.3) is 0 Å². The first-order chi connectivity index (χ1) is 3.31. The topological polar surface area (TPSA) is 34.1 Å². The summed E-state index contributed by atoms with van der Waals surface area (Å²) >= 11 is 0. The van der Waals surface area contributed by atoms with Crippen LogP contribution in [0.5, 0.6) is 0 Å². The van der Waals surface area contributed by atoms with Crippen LogP contribution in [0.2, 0.25) is 0 Å². The number of ketones is 1. The van der Waals surface area contributed by atoms with Crippen LogP contribution in [0, 0.1) is 0 Å². The molecule has 0 rings (SSSR count). The molecule has 0 saturated carbocycles. The predicted octanol–water partition coefficient (Wildman–Crippen LogP) is 0.331. The molecule has 2 heteroatoms. The lowest BCUT2D eigenvalue weighted by Gasteiger charge is -1.68. The van der Waals surface area contributed by atoms with Crippen LogP contribution < -0.4 is 0 Å². The predicted molar refractivity (Wildman–Crippen MR) is 25.9 cm³/mol. The Bertz CT molecular complexity index is 103. The minimum absolute atomic E-state index is 0.278. The van der Waals surface area contributed by atoms with Gasteiger partial charge in [-0.2, -0.15) is 0 Å². The Morgan fingerprint density at radius 3 is 2.29 bits per heavy atom. The van der Waals surface area contributed by atoms with Gasteiger partial charge in [-0.3, -0.25) is 9.59 Å². The van der Waals surface area contributed by atoms with Gasteiger partial charge in [0.15, 0.2) is 6.29 Å². The van der Waals surface area contributed by atoms with Crippen molar-refractivity contribution in [2.75, 3.05) is 0 Å². The normalized spacial score (nSPS) is 9.29. The Hall–Kier alpha value is -0.920. The third-order valence-electron chi connectivity index (χ3n) is 0.447. The molecule has 0 aliphatic heterocycles. The summed E-state index contributed by atoms with van der Waals surface area (Å²) in [5, 5.41) is 0. The average molecular weight is 98.1 g/mol. The van der Waals surface area contributed by atoms with Gasteiger partial charge in [-0.1, -0.05) is 6.08 Å². The zero-order valence-electron chi connectivity index (χ0n) is 4.05. The zero-order chi connectivity index (χ0) is 5.70. The molecule has 0 amide bonds. The Labute approximate surface area is 41.8 Å². The molecule has 0 aromatic carbocycles. The minimum Gasteiger partial charge on any atom is -0.294 e. The van der Waals surface area contributed by atoms with Crippen molar-refractivity contribution >= 4 is 12.1 Å². The summed E-state index contributed by atoms with van der Waals surface area (Å²) in [5.74, 6) is -0.484. The fourth-order valence-electron chi connectivity index (χ4n) is 0.204. The molecule has 0 aromatic rings. The highest BCUT2D eigenvalue weighted by atomic mass is 16.2. The fourth-order valence-corrected chi connectivity index (χ4v) is 0.204. The monoisotopic (exact) mass is 98.0 g/mol. The molecule has 0 N–H and O–H groups in total. The lowest BCUT2D eigenvalue weighted by molar-refractivity contribution is -0.126. The van der Waals surface area contributed by atoms with Gasteiger partial charge in [-0.25, -0.2) is 0 Å². The number of allylic oxidation sites excluding steroid dienone is 2. The molecule has 0 aliphatic carbocycles. The van der Waals surface area contributed by atoms with Crippen LogP contribution >= 0.6 is 0 Å². The van der Waals surface area contributed by atoms with Gasteiger partial charge in [-0.05, 0) is 13.0 Å². The lowest BCUT2D eigenvalue weighted by atomic mass is 10.4. The van der Waals surface area contributed by atoms with E-state index >= 15 is 0 Å². The van der Waals surface area contributed by atoms with Gasteiger partial charge < -0.3 is 0 Å². The number of rotatable bonds is 2. The van der Waals surface area contributed by atoms with E-state index in [0.717, 1.165) is 0 Å². The molecule has 0 aliphatic rings. The van der Waals surface area contributed by atoms with Crippen molar-refractivity contribution in [3.8, 4) is 0 Å². The molecule has 0 bridgehead atoms. The van der Waals surface area contributed by atoms with E-state index in [2.05, 4.69) is 0 Å². The summed E-state index contributed by atoms with van der Waals surface area (Å²) in [5.41, 5.74) is 0. The fraction of sp³-hybridized carbons (Fsp3) is 0.200. The first kappa shape index (κ1) is 6.08. The summed E-state index contributed by atoms with van der Waals surface area (Å²) in [6.07, 6.45) is 3.02. The molecule has 0 radical (unpaired) electrons. The van der Waals surface area contributed by atoms with E-state index in [1.165, 1.54) is 12.2 Å². The lowest BCUT2D eigenvalue weighted by Crippen LogP contribution is -1.89. The van der Waals surface area contributed by atoms with E-state index < -0.39 is 5.78 Å². The van der Waals surface area contributed by atoms with Crippen molar-refractivity contribution < 1.29 is 9.59 Å². The number of aldehydes is 1. The van der Waals surface area contributed by atoms with Gasteiger partial charge >= 0.3 is 0 Å². The average Bonchev–Trinajstić information content (AvgIpc) is 1.68. The molecule has 0 fully saturated rings. The first-order valence-electron chi connectivity index (χ1n) is 1.93. The van der Waals surface area contributed by atoms with E-state index in [9.17, 15) is 9.59 Å². The van der Waals surface area contributed by atoms with Gasteiger partial charge in [0.05, 0.1) is 0 Å². The van der Waals surface area contributed by atoms with Crippen molar-refractivity contribution in [2.45, 2.75) is 6.92 Å². The van der Waals surface area contributed by atoms with Crippen LogP contribution in [-0.2, 0) is 9.59 Å². The summed E-state index contributed by atoms with van der Waals surface area (Å²) in [6.45, 7) is 1.68. The molecule has 0 saturated heterocycles. The van der Waals surface area contributed by atoms with Crippen molar-refractivity contribution in [3.05, 3.63) is 12.2 Å². The maximum Gasteiger partial charge on any atom is 0.217 e. The van der Waals surface area contributed by atoms with Crippen LogP contribution in [-0.4, -0.2) is 12.1 Å². The maximum absolute atomic E-state index is 9.96. The van der Waals surface area contributed by atoms with E-state index in [1.54, 1.807) is 6.92 Å². The highest BCUT2D eigenvalue weighted by molar-refractivity contribution is 6.30. The molecule has 0 heterocycles. The Balaban J connectivity index is 3.58. The quantitative estimate of drug-likeness (QED) is 0.283. The molecule has 2 nitrogen and oxygen atoms in total. The van der Waals surface area contributed by atoms with Crippen LogP contribution in [0.1, 0.15) is 6.92 Å².